The number of rotatable bonds is 22. The van der Waals surface area contributed by atoms with Crippen molar-refractivity contribution in [3.8, 4) is 28.6 Å². The zero-order valence-electron chi connectivity index (χ0n) is 49.3. The molecule has 84 heavy (non-hydrogen) atoms. The van der Waals surface area contributed by atoms with Gasteiger partial charge in [0.1, 0.15) is 24.0 Å². The van der Waals surface area contributed by atoms with E-state index in [2.05, 4.69) is 33.8 Å². The van der Waals surface area contributed by atoms with Crippen molar-refractivity contribution in [1.82, 2.24) is 53.9 Å². The molecule has 2 atom stereocenters. The first-order valence-corrected chi connectivity index (χ1v) is 31.9. The SMILES string of the molecule is CC(C)c1cc(-c2n[nH]c(=O)n2-c2ccc(CN3CCN(CCC(C)(C)SSC4CCC(CC(=O)N(CCN(C)C)Cn5nc(Cc6ccc(F)c(C(=O)N7CCN(C(=O)C8CC8)CC7)c6)c6ccccc6c5=O)C4)CC3)cc2)c(O)cc1O. The van der Waals surface area contributed by atoms with Crippen LogP contribution in [-0.2, 0) is 29.2 Å². The van der Waals surface area contributed by atoms with E-state index in [1.165, 1.54) is 21.4 Å². The Bertz CT molecular complexity index is 3460. The van der Waals surface area contributed by atoms with Crippen LogP contribution in [0.4, 0.5) is 4.39 Å². The van der Waals surface area contributed by atoms with Crippen molar-refractivity contribution in [1.29, 1.82) is 0 Å². The molecule has 448 valence electrons. The summed E-state index contributed by atoms with van der Waals surface area (Å²) in [7, 11) is 7.85. The monoisotopic (exact) mass is 1190 g/mol. The number of aromatic hydroxyl groups is 2. The Labute approximate surface area is 498 Å². The zero-order chi connectivity index (χ0) is 59.4. The number of nitrogens with zero attached hydrogens (tertiary/aromatic N) is 10. The van der Waals surface area contributed by atoms with E-state index in [1.54, 1.807) is 34.1 Å². The average Bonchev–Trinajstić information content (AvgIpc) is 4.15. The summed E-state index contributed by atoms with van der Waals surface area (Å²) in [6, 6.07) is 22.6. The van der Waals surface area contributed by atoms with Crippen LogP contribution in [0.25, 0.3) is 27.8 Å². The summed E-state index contributed by atoms with van der Waals surface area (Å²) in [6.45, 7) is 16.8. The highest BCUT2D eigenvalue weighted by Crippen LogP contribution is 2.47. The molecule has 4 aromatic carbocycles. The first kappa shape index (κ1) is 60.6. The smallest absolute Gasteiger partial charge is 0.348 e. The van der Waals surface area contributed by atoms with Gasteiger partial charge in [-0.15, -0.1) is 0 Å². The predicted octanol–water partition coefficient (Wildman–Crippen LogP) is 8.17. The number of aromatic amines is 1. The third-order valence-electron chi connectivity index (χ3n) is 17.0. The normalized spacial score (nSPS) is 18.2. The lowest BCUT2D eigenvalue weighted by Gasteiger charge is -2.36. The number of hydrogen-bond acceptors (Lipinski definition) is 14. The van der Waals surface area contributed by atoms with Crippen LogP contribution in [0, 0.1) is 17.7 Å². The van der Waals surface area contributed by atoms with Gasteiger partial charge in [0.2, 0.25) is 11.8 Å². The summed E-state index contributed by atoms with van der Waals surface area (Å²) in [5.41, 5.74) is 3.25. The van der Waals surface area contributed by atoms with Crippen LogP contribution in [-0.4, -0.2) is 178 Å². The average molecular weight is 1190 g/mol. The molecule has 3 N–H and O–H groups in total. The second-order valence-electron chi connectivity index (χ2n) is 24.5. The lowest BCUT2D eigenvalue weighted by atomic mass is 9.98. The van der Waals surface area contributed by atoms with Gasteiger partial charge in [-0.05, 0) is 138 Å². The number of carbonyl (C=O) groups is 3. The van der Waals surface area contributed by atoms with Crippen molar-refractivity contribution >= 4 is 50.1 Å². The molecule has 3 amide bonds. The molecule has 0 bridgehead atoms. The van der Waals surface area contributed by atoms with E-state index in [-0.39, 0.29) is 75.9 Å². The van der Waals surface area contributed by atoms with Gasteiger partial charge in [-0.1, -0.05) is 71.8 Å². The van der Waals surface area contributed by atoms with Gasteiger partial charge in [0.15, 0.2) is 5.82 Å². The van der Waals surface area contributed by atoms with Crippen molar-refractivity contribution in [2.75, 3.05) is 86.1 Å². The summed E-state index contributed by atoms with van der Waals surface area (Å²) in [5.74, 6) is -0.461. The Kier molecular flexibility index (Phi) is 19.0. The highest BCUT2D eigenvalue weighted by molar-refractivity contribution is 8.77. The maximum atomic E-state index is 15.4. The van der Waals surface area contributed by atoms with Crippen molar-refractivity contribution in [2.45, 2.75) is 108 Å². The van der Waals surface area contributed by atoms with Crippen molar-refractivity contribution in [3.63, 3.8) is 0 Å². The minimum atomic E-state index is -0.619. The van der Waals surface area contributed by atoms with Gasteiger partial charge in [-0.25, -0.2) is 23.5 Å². The molecular weight excluding hydrogens is 1110 g/mol. The van der Waals surface area contributed by atoms with Gasteiger partial charge in [-0.2, -0.15) is 10.2 Å². The number of fused-ring (bicyclic) bond motifs is 1. The third kappa shape index (κ3) is 14.6. The fourth-order valence-electron chi connectivity index (χ4n) is 11.7. The molecule has 2 aromatic heterocycles. The lowest BCUT2D eigenvalue weighted by Crippen LogP contribution is -2.51. The van der Waals surface area contributed by atoms with Gasteiger partial charge >= 0.3 is 5.69 Å². The number of phenolic OH excluding ortho intramolecular Hbond substituents is 2. The number of carbonyl (C=O) groups excluding carboxylic acids is 3. The van der Waals surface area contributed by atoms with Crippen LogP contribution in [0.3, 0.4) is 0 Å². The molecule has 6 aromatic rings. The number of halogens is 1. The molecule has 2 saturated carbocycles. The molecule has 2 aliphatic carbocycles. The third-order valence-corrected chi connectivity index (χ3v) is 20.9. The molecule has 4 heterocycles. The number of piperazine rings is 2. The summed E-state index contributed by atoms with van der Waals surface area (Å²) in [6.07, 6.45) is 6.47. The Morgan fingerprint density at radius 3 is 2.20 bits per heavy atom. The molecule has 2 saturated heterocycles. The number of benzene rings is 4. The summed E-state index contributed by atoms with van der Waals surface area (Å²) in [4.78, 5) is 80.1. The molecule has 2 unspecified atom stereocenters. The Morgan fingerprint density at radius 1 is 0.810 bits per heavy atom. The molecule has 4 fully saturated rings. The second kappa shape index (κ2) is 26.4. The van der Waals surface area contributed by atoms with E-state index < -0.39 is 17.4 Å². The Hall–Kier alpha value is -6.52. The topological polar surface area (TPSA) is 197 Å². The Morgan fingerprint density at radius 2 is 1.50 bits per heavy atom. The molecule has 0 radical (unpaired) electrons. The maximum absolute atomic E-state index is 15.4. The first-order chi connectivity index (χ1) is 40.3. The number of amides is 3. The van der Waals surface area contributed by atoms with Crippen molar-refractivity contribution < 1.29 is 29.0 Å². The van der Waals surface area contributed by atoms with Gasteiger partial charge in [0, 0.05) is 112 Å². The van der Waals surface area contributed by atoms with Crippen LogP contribution in [0.5, 0.6) is 11.5 Å². The largest absolute Gasteiger partial charge is 0.508 e. The second-order valence-corrected chi connectivity index (χ2v) is 27.7. The summed E-state index contributed by atoms with van der Waals surface area (Å²) < 4.78 is 18.3. The number of aromatic nitrogens is 5. The molecule has 10 rings (SSSR count). The standard InChI is InChI=1S/C63H80FN11O7S2/c1-41(2)50-37-52(56(77)38-55(50)76)58-65-66-62(82)75(58)46-17-11-42(12-18-46)39-70-26-24-69(25-27-70)22-21-63(3,4)84-83-47-19-13-43(33-47)36-57(78)73(28-23-68(5)6)40-74-61(81)49-10-8-7-9-48(49)54(67-74)35-44-14-20-53(64)51(34-44)60(80)72-31-29-71(30-32-72)59(79)45-15-16-45/h7-12,14,17-18,20,34,37-38,41,43,45,47,76-77H,13,15-16,19,21-33,35-36,39-40H2,1-6H3,(H,66,82). The van der Waals surface area contributed by atoms with E-state index >= 15 is 4.39 Å². The van der Waals surface area contributed by atoms with Crippen LogP contribution in [0.2, 0.25) is 0 Å². The highest BCUT2D eigenvalue weighted by Gasteiger charge is 2.36. The van der Waals surface area contributed by atoms with E-state index in [0.717, 1.165) is 83.4 Å². The van der Waals surface area contributed by atoms with Gasteiger partial charge in [0.25, 0.3) is 11.5 Å². The number of H-pyrrole nitrogens is 1. The zero-order valence-corrected chi connectivity index (χ0v) is 50.9. The number of hydrogen-bond donors (Lipinski definition) is 3. The number of likely N-dealkylation sites (N-methyl/N-ethyl adjacent to an activating group) is 1. The Balaban J connectivity index is 0.693. The number of nitrogens with one attached hydrogen (secondary N) is 1. The van der Waals surface area contributed by atoms with Crippen LogP contribution >= 0.6 is 21.6 Å². The fraction of sp³-hybridized carbons (Fsp3) is 0.508. The molecular formula is C63H80FN11O7S2. The fourth-order valence-corrected chi connectivity index (χ4v) is 14.8. The maximum Gasteiger partial charge on any atom is 0.348 e. The molecule has 2 aliphatic heterocycles. The number of phenols is 2. The highest BCUT2D eigenvalue weighted by atomic mass is 33.1. The van der Waals surface area contributed by atoms with E-state index in [4.69, 9.17) is 5.10 Å². The van der Waals surface area contributed by atoms with Gasteiger partial charge in [0.05, 0.1) is 27.9 Å². The minimum absolute atomic E-state index is 0.00145. The minimum Gasteiger partial charge on any atom is -0.508 e. The lowest BCUT2D eigenvalue weighted by molar-refractivity contribution is -0.135. The first-order valence-electron chi connectivity index (χ1n) is 29.7. The summed E-state index contributed by atoms with van der Waals surface area (Å²) in [5, 5.41) is 34.3. The van der Waals surface area contributed by atoms with Crippen molar-refractivity contribution in [3.05, 3.63) is 133 Å². The molecule has 18 nitrogen and oxygen atoms in total. The molecule has 4 aliphatic rings. The quantitative estimate of drug-likeness (QED) is 0.0551. The van der Waals surface area contributed by atoms with E-state index in [1.807, 2.05) is 102 Å². The van der Waals surface area contributed by atoms with Crippen LogP contribution in [0.1, 0.15) is 111 Å². The van der Waals surface area contributed by atoms with Crippen LogP contribution < -0.4 is 11.2 Å². The van der Waals surface area contributed by atoms with Gasteiger partial charge < -0.3 is 34.7 Å². The predicted molar refractivity (Wildman–Crippen MR) is 329 cm³/mol. The van der Waals surface area contributed by atoms with Crippen molar-refractivity contribution in [2.24, 2.45) is 11.8 Å². The molecule has 0 spiro atoms. The van der Waals surface area contributed by atoms with Crippen LogP contribution in [0.15, 0.2) is 88.5 Å². The van der Waals surface area contributed by atoms with Gasteiger partial charge in [-0.3, -0.25) is 24.1 Å². The van der Waals surface area contributed by atoms with E-state index in [9.17, 15) is 34.2 Å². The van der Waals surface area contributed by atoms with E-state index in [0.29, 0.717) is 89.8 Å². The summed E-state index contributed by atoms with van der Waals surface area (Å²) >= 11 is 0. The molecule has 21 heteroatoms.